The third-order valence-electron chi connectivity index (χ3n) is 5.49. The number of carbonyl (C=O) groups is 3. The lowest BCUT2D eigenvalue weighted by atomic mass is 9.83. The molecule has 33 heavy (non-hydrogen) atoms. The Morgan fingerprint density at radius 3 is 2.55 bits per heavy atom. The molecule has 1 aliphatic heterocycles. The summed E-state index contributed by atoms with van der Waals surface area (Å²) in [7, 11) is 1.55. The molecule has 0 radical (unpaired) electrons. The SMILES string of the molecule is COCCOCc1cc(Cl)ccc1C1C(C(=O)C(C)C)C(=O)C(=O)N1c1cccc(Cl)c1F. The zero-order valence-electron chi connectivity index (χ0n) is 18.4. The van der Waals surface area contributed by atoms with Crippen LogP contribution in [-0.4, -0.2) is 37.8 Å². The van der Waals surface area contributed by atoms with Crippen LogP contribution >= 0.6 is 23.2 Å². The van der Waals surface area contributed by atoms with Crippen molar-refractivity contribution in [1.29, 1.82) is 0 Å². The second-order valence-electron chi connectivity index (χ2n) is 7.98. The second-order valence-corrected chi connectivity index (χ2v) is 8.82. The van der Waals surface area contributed by atoms with Crippen molar-refractivity contribution in [3.05, 3.63) is 63.4 Å². The van der Waals surface area contributed by atoms with Crippen LogP contribution in [0.1, 0.15) is 31.0 Å². The van der Waals surface area contributed by atoms with Crippen molar-refractivity contribution in [2.24, 2.45) is 11.8 Å². The molecule has 2 atom stereocenters. The minimum atomic E-state index is -1.31. The number of amides is 1. The number of nitrogens with zero attached hydrogens (tertiary/aromatic N) is 1. The normalized spacial score (nSPS) is 18.5. The van der Waals surface area contributed by atoms with Crippen molar-refractivity contribution in [3.8, 4) is 0 Å². The number of anilines is 1. The van der Waals surface area contributed by atoms with Gasteiger partial charge in [0.1, 0.15) is 11.7 Å². The van der Waals surface area contributed by atoms with Gasteiger partial charge in [-0.05, 0) is 35.4 Å². The fourth-order valence-electron chi connectivity index (χ4n) is 3.88. The third kappa shape index (κ3) is 5.11. The standard InChI is InChI=1S/C24H24Cl2FNO5/c1-13(2)22(29)19-21(16-8-7-15(25)11-14(16)12-33-10-9-32-3)28(24(31)23(19)30)18-6-4-5-17(26)20(18)27/h4-8,11,13,19,21H,9-10,12H2,1-3H3. The molecule has 1 saturated heterocycles. The number of ether oxygens (including phenoxy) is 2. The van der Waals surface area contributed by atoms with E-state index in [-0.39, 0.29) is 17.3 Å². The first kappa shape index (κ1) is 25.3. The summed E-state index contributed by atoms with van der Waals surface area (Å²) in [5, 5.41) is 0.205. The van der Waals surface area contributed by atoms with E-state index in [0.717, 1.165) is 4.90 Å². The second kappa shape index (κ2) is 10.7. The molecule has 1 fully saturated rings. The highest BCUT2D eigenvalue weighted by atomic mass is 35.5. The maximum Gasteiger partial charge on any atom is 0.295 e. The summed E-state index contributed by atoms with van der Waals surface area (Å²) < 4.78 is 25.6. The monoisotopic (exact) mass is 495 g/mol. The average Bonchev–Trinajstić information content (AvgIpc) is 3.03. The Labute approximate surface area is 201 Å². The highest BCUT2D eigenvalue weighted by Gasteiger charge is 2.53. The predicted molar refractivity (Wildman–Crippen MR) is 123 cm³/mol. The fraction of sp³-hybridized carbons (Fsp3) is 0.375. The van der Waals surface area contributed by atoms with Gasteiger partial charge in [0.05, 0.1) is 36.6 Å². The van der Waals surface area contributed by atoms with E-state index in [9.17, 15) is 14.4 Å². The lowest BCUT2D eigenvalue weighted by Gasteiger charge is -2.30. The maximum atomic E-state index is 15.0. The first-order chi connectivity index (χ1) is 15.7. The van der Waals surface area contributed by atoms with E-state index in [0.29, 0.717) is 29.4 Å². The minimum Gasteiger partial charge on any atom is -0.382 e. The van der Waals surface area contributed by atoms with Gasteiger partial charge in [-0.2, -0.15) is 0 Å². The molecule has 9 heteroatoms. The van der Waals surface area contributed by atoms with Crippen LogP contribution in [0.4, 0.5) is 10.1 Å². The molecule has 1 amide bonds. The number of benzene rings is 2. The Balaban J connectivity index is 2.18. The topological polar surface area (TPSA) is 72.9 Å². The summed E-state index contributed by atoms with van der Waals surface area (Å²) in [6.07, 6.45) is 0. The van der Waals surface area contributed by atoms with Gasteiger partial charge in [-0.3, -0.25) is 19.3 Å². The molecule has 2 aromatic carbocycles. The summed E-state index contributed by atoms with van der Waals surface area (Å²) in [4.78, 5) is 40.3. The highest BCUT2D eigenvalue weighted by Crippen LogP contribution is 2.44. The third-order valence-corrected chi connectivity index (χ3v) is 6.01. The zero-order valence-corrected chi connectivity index (χ0v) is 20.0. The zero-order chi connectivity index (χ0) is 24.3. The number of rotatable bonds is 9. The van der Waals surface area contributed by atoms with E-state index >= 15 is 4.39 Å². The van der Waals surface area contributed by atoms with E-state index in [1.807, 2.05) is 0 Å². The highest BCUT2D eigenvalue weighted by molar-refractivity contribution is 6.48. The molecule has 176 valence electrons. The molecule has 2 aromatic rings. The van der Waals surface area contributed by atoms with Crippen molar-refractivity contribution in [1.82, 2.24) is 0 Å². The van der Waals surface area contributed by atoms with E-state index in [1.54, 1.807) is 39.2 Å². The molecule has 0 aliphatic carbocycles. The molecular weight excluding hydrogens is 472 g/mol. The van der Waals surface area contributed by atoms with Crippen LogP contribution in [0.2, 0.25) is 10.0 Å². The first-order valence-corrected chi connectivity index (χ1v) is 11.1. The lowest BCUT2D eigenvalue weighted by molar-refractivity contribution is -0.139. The largest absolute Gasteiger partial charge is 0.382 e. The quantitative estimate of drug-likeness (QED) is 0.284. The number of ketones is 2. The van der Waals surface area contributed by atoms with E-state index in [1.165, 1.54) is 18.2 Å². The smallest absolute Gasteiger partial charge is 0.295 e. The van der Waals surface area contributed by atoms with E-state index in [4.69, 9.17) is 32.7 Å². The Morgan fingerprint density at radius 1 is 1.15 bits per heavy atom. The number of hydrogen-bond acceptors (Lipinski definition) is 5. The number of methoxy groups -OCH3 is 1. The van der Waals surface area contributed by atoms with Crippen LogP contribution in [0.25, 0.3) is 0 Å². The molecule has 3 rings (SSSR count). The van der Waals surface area contributed by atoms with Crippen molar-refractivity contribution in [3.63, 3.8) is 0 Å². The molecule has 0 spiro atoms. The van der Waals surface area contributed by atoms with Crippen LogP contribution in [-0.2, 0) is 30.5 Å². The van der Waals surface area contributed by atoms with Gasteiger partial charge in [-0.15, -0.1) is 0 Å². The summed E-state index contributed by atoms with van der Waals surface area (Å²) in [6, 6.07) is 7.95. The Kier molecular flexibility index (Phi) is 8.23. The van der Waals surface area contributed by atoms with E-state index < -0.39 is 41.2 Å². The van der Waals surface area contributed by atoms with Gasteiger partial charge < -0.3 is 9.47 Å². The lowest BCUT2D eigenvalue weighted by Crippen LogP contribution is -2.33. The molecule has 0 N–H and O–H groups in total. The molecule has 0 bridgehead atoms. The van der Waals surface area contributed by atoms with Crippen molar-refractivity contribution in [2.75, 3.05) is 25.2 Å². The van der Waals surface area contributed by atoms with Crippen LogP contribution in [0, 0.1) is 17.7 Å². The van der Waals surface area contributed by atoms with Crippen LogP contribution < -0.4 is 4.90 Å². The molecule has 1 heterocycles. The Morgan fingerprint density at radius 2 is 1.88 bits per heavy atom. The van der Waals surface area contributed by atoms with Crippen LogP contribution in [0.3, 0.4) is 0 Å². The van der Waals surface area contributed by atoms with Crippen molar-refractivity contribution >= 4 is 46.4 Å². The van der Waals surface area contributed by atoms with Crippen molar-refractivity contribution in [2.45, 2.75) is 26.5 Å². The van der Waals surface area contributed by atoms with Gasteiger partial charge in [0.2, 0.25) is 5.78 Å². The molecular formula is C24H24Cl2FNO5. The predicted octanol–water partition coefficient (Wildman–Crippen LogP) is 4.79. The summed E-state index contributed by atoms with van der Waals surface area (Å²) in [5.41, 5.74) is 0.862. The van der Waals surface area contributed by atoms with Gasteiger partial charge in [0.25, 0.3) is 5.91 Å². The Bertz CT molecular complexity index is 1070. The van der Waals surface area contributed by atoms with Crippen molar-refractivity contribution < 1.29 is 28.2 Å². The van der Waals surface area contributed by atoms with Gasteiger partial charge in [0.15, 0.2) is 5.82 Å². The fourth-order valence-corrected chi connectivity index (χ4v) is 4.25. The Hall–Kier alpha value is -2.32. The van der Waals surface area contributed by atoms with E-state index in [2.05, 4.69) is 0 Å². The maximum absolute atomic E-state index is 15.0. The van der Waals surface area contributed by atoms with Gasteiger partial charge >= 0.3 is 0 Å². The minimum absolute atomic E-state index is 0.0899. The molecule has 2 unspecified atom stereocenters. The summed E-state index contributed by atoms with van der Waals surface area (Å²) >= 11 is 12.2. The van der Waals surface area contributed by atoms with Crippen LogP contribution in [0.5, 0.6) is 0 Å². The van der Waals surface area contributed by atoms with Crippen LogP contribution in [0.15, 0.2) is 36.4 Å². The summed E-state index contributed by atoms with van der Waals surface area (Å²) in [6.45, 7) is 4.05. The number of halogens is 3. The number of hydrogen-bond donors (Lipinski definition) is 0. The molecule has 6 nitrogen and oxygen atoms in total. The molecule has 0 aromatic heterocycles. The number of carbonyl (C=O) groups excluding carboxylic acids is 3. The molecule has 0 saturated carbocycles. The van der Waals surface area contributed by atoms with Gasteiger partial charge in [-0.1, -0.05) is 49.2 Å². The number of Topliss-reactive ketones (excluding diaryl/α,β-unsaturated/α-hetero) is 2. The van der Waals surface area contributed by atoms with Gasteiger partial charge in [-0.25, -0.2) is 4.39 Å². The first-order valence-electron chi connectivity index (χ1n) is 10.4. The van der Waals surface area contributed by atoms with Gasteiger partial charge in [0, 0.05) is 18.1 Å². The summed E-state index contributed by atoms with van der Waals surface area (Å²) in [5.74, 6) is -4.96. The molecule has 1 aliphatic rings. The average molecular weight is 496 g/mol.